The van der Waals surface area contributed by atoms with E-state index in [0.717, 1.165) is 41.6 Å². The fourth-order valence-electron chi connectivity index (χ4n) is 3.11. The summed E-state index contributed by atoms with van der Waals surface area (Å²) in [6, 6.07) is 6.52. The predicted octanol–water partition coefficient (Wildman–Crippen LogP) is 2.06. The molecule has 3 N–H and O–H groups in total. The Balaban J connectivity index is 1.30. The minimum Gasteiger partial charge on any atom is -0.488 e. The van der Waals surface area contributed by atoms with Crippen LogP contribution in [0.4, 0.5) is 0 Å². The fraction of sp³-hybridized carbons (Fsp3) is 0.500. The number of aromatic nitrogens is 1. The van der Waals surface area contributed by atoms with Gasteiger partial charge in [0, 0.05) is 18.0 Å². The number of fused-ring (bicyclic) bond motifs is 1. The van der Waals surface area contributed by atoms with Gasteiger partial charge in [0.2, 0.25) is 5.91 Å². The zero-order valence-corrected chi connectivity index (χ0v) is 13.0. The van der Waals surface area contributed by atoms with Crippen molar-refractivity contribution >= 4 is 27.5 Å². The van der Waals surface area contributed by atoms with Crippen LogP contribution in [0, 0.1) is 5.92 Å². The lowest BCUT2D eigenvalue weighted by atomic mass is 9.80. The van der Waals surface area contributed by atoms with Gasteiger partial charge in [0.25, 0.3) is 0 Å². The van der Waals surface area contributed by atoms with Gasteiger partial charge in [-0.05, 0) is 37.8 Å². The van der Waals surface area contributed by atoms with Crippen LogP contribution in [-0.4, -0.2) is 29.1 Å². The third kappa shape index (κ3) is 2.57. The van der Waals surface area contributed by atoms with Crippen molar-refractivity contribution < 1.29 is 9.53 Å². The number of ether oxygens (including phenoxy) is 1. The summed E-state index contributed by atoms with van der Waals surface area (Å²) >= 11 is 1.61. The molecule has 5 nitrogen and oxygen atoms in total. The van der Waals surface area contributed by atoms with E-state index < -0.39 is 0 Å². The first-order chi connectivity index (χ1) is 10.7. The zero-order valence-electron chi connectivity index (χ0n) is 12.2. The Morgan fingerprint density at radius 2 is 2.14 bits per heavy atom. The molecule has 4 rings (SSSR count). The van der Waals surface area contributed by atoms with Crippen LogP contribution in [-0.2, 0) is 4.79 Å². The van der Waals surface area contributed by atoms with Crippen molar-refractivity contribution in [3.8, 4) is 5.75 Å². The maximum atomic E-state index is 12.1. The third-order valence-electron chi connectivity index (χ3n) is 4.60. The van der Waals surface area contributed by atoms with Crippen molar-refractivity contribution in [1.82, 2.24) is 10.3 Å². The second kappa shape index (κ2) is 5.52. The molecule has 2 aliphatic rings. The molecule has 6 heteroatoms. The first kappa shape index (κ1) is 14.0. The molecule has 2 saturated carbocycles. The molecular weight excluding hydrogens is 298 g/mol. The minimum atomic E-state index is 0.0801. The summed E-state index contributed by atoms with van der Waals surface area (Å²) in [7, 11) is 0. The number of hydrogen-bond acceptors (Lipinski definition) is 5. The second-order valence-corrected chi connectivity index (χ2v) is 7.19. The molecule has 0 aliphatic heterocycles. The van der Waals surface area contributed by atoms with Gasteiger partial charge in [0.05, 0.1) is 10.2 Å². The van der Waals surface area contributed by atoms with Crippen LogP contribution < -0.4 is 15.8 Å². The number of benzene rings is 1. The maximum absolute atomic E-state index is 12.1. The highest BCUT2D eigenvalue weighted by Crippen LogP contribution is 2.35. The quantitative estimate of drug-likeness (QED) is 0.905. The SMILES string of the molecule is N[C@H]1C[C@H](NC(=O)[C@H]2C[C@H](Oc3cccc4scnc34)C2)C1. The Morgan fingerprint density at radius 1 is 1.32 bits per heavy atom. The van der Waals surface area contributed by atoms with Crippen LogP contribution in [0.15, 0.2) is 23.7 Å². The number of nitrogens with one attached hydrogen (secondary N) is 1. The van der Waals surface area contributed by atoms with E-state index in [4.69, 9.17) is 10.5 Å². The molecule has 1 aromatic heterocycles. The molecular formula is C16H19N3O2S. The van der Waals surface area contributed by atoms with Crippen LogP contribution in [0.2, 0.25) is 0 Å². The van der Waals surface area contributed by atoms with Gasteiger partial charge in [0.15, 0.2) is 0 Å². The summed E-state index contributed by atoms with van der Waals surface area (Å²) in [6.45, 7) is 0. The molecule has 1 amide bonds. The first-order valence-electron chi connectivity index (χ1n) is 7.74. The van der Waals surface area contributed by atoms with Crippen LogP contribution in [0.1, 0.15) is 25.7 Å². The average Bonchev–Trinajstić information content (AvgIpc) is 2.89. The van der Waals surface area contributed by atoms with Gasteiger partial charge >= 0.3 is 0 Å². The molecule has 0 unspecified atom stereocenters. The van der Waals surface area contributed by atoms with E-state index in [9.17, 15) is 4.79 Å². The summed E-state index contributed by atoms with van der Waals surface area (Å²) in [5, 5.41) is 3.07. The first-order valence-corrected chi connectivity index (χ1v) is 8.62. The third-order valence-corrected chi connectivity index (χ3v) is 5.40. The van der Waals surface area contributed by atoms with E-state index in [1.807, 2.05) is 23.7 Å². The average molecular weight is 317 g/mol. The Bertz CT molecular complexity index is 690. The van der Waals surface area contributed by atoms with Crippen molar-refractivity contribution in [2.75, 3.05) is 0 Å². The van der Waals surface area contributed by atoms with Crippen molar-refractivity contribution in [2.24, 2.45) is 11.7 Å². The Kier molecular flexibility index (Phi) is 3.50. The van der Waals surface area contributed by atoms with E-state index >= 15 is 0 Å². The number of nitrogens with two attached hydrogens (primary N) is 1. The topological polar surface area (TPSA) is 77.2 Å². The monoisotopic (exact) mass is 317 g/mol. The molecule has 0 bridgehead atoms. The van der Waals surface area contributed by atoms with Crippen molar-refractivity contribution in [3.63, 3.8) is 0 Å². The molecule has 0 radical (unpaired) electrons. The summed E-state index contributed by atoms with van der Waals surface area (Å²) in [4.78, 5) is 16.4. The zero-order chi connectivity index (χ0) is 15.1. The maximum Gasteiger partial charge on any atom is 0.223 e. The van der Waals surface area contributed by atoms with Gasteiger partial charge in [-0.15, -0.1) is 11.3 Å². The van der Waals surface area contributed by atoms with Crippen molar-refractivity contribution in [2.45, 2.75) is 43.9 Å². The smallest absolute Gasteiger partial charge is 0.223 e. The molecule has 0 spiro atoms. The molecule has 22 heavy (non-hydrogen) atoms. The lowest BCUT2D eigenvalue weighted by Crippen LogP contribution is -2.53. The Labute approximate surface area is 132 Å². The van der Waals surface area contributed by atoms with Crippen LogP contribution in [0.3, 0.4) is 0 Å². The number of para-hydroxylation sites is 1. The molecule has 2 aliphatic carbocycles. The molecule has 2 fully saturated rings. The predicted molar refractivity (Wildman–Crippen MR) is 85.9 cm³/mol. The van der Waals surface area contributed by atoms with Crippen molar-refractivity contribution in [1.29, 1.82) is 0 Å². The lowest BCUT2D eigenvalue weighted by Gasteiger charge is -2.38. The summed E-state index contributed by atoms with van der Waals surface area (Å²) < 4.78 is 7.14. The molecule has 116 valence electrons. The number of amides is 1. The molecule has 0 saturated heterocycles. The number of thiazole rings is 1. The van der Waals surface area contributed by atoms with Crippen LogP contribution in [0.5, 0.6) is 5.75 Å². The Morgan fingerprint density at radius 3 is 2.91 bits per heavy atom. The van der Waals surface area contributed by atoms with E-state index in [0.29, 0.717) is 0 Å². The molecule has 0 atom stereocenters. The summed E-state index contributed by atoms with van der Waals surface area (Å²) in [5.74, 6) is 1.06. The molecule has 2 aromatic rings. The van der Waals surface area contributed by atoms with E-state index in [-0.39, 0.29) is 30.0 Å². The minimum absolute atomic E-state index is 0.0801. The van der Waals surface area contributed by atoms with Gasteiger partial charge < -0.3 is 15.8 Å². The van der Waals surface area contributed by atoms with Gasteiger partial charge in [-0.2, -0.15) is 0 Å². The molecule has 1 aromatic carbocycles. The standard InChI is InChI=1S/C16H19N3O2S/c17-10-6-11(7-10)19-16(20)9-4-12(5-9)21-13-2-1-3-14-15(13)18-8-22-14/h1-3,8-12H,4-7,17H2,(H,19,20)/t9-,10-,11-,12-. The number of hydrogen-bond donors (Lipinski definition) is 2. The highest BCUT2D eigenvalue weighted by atomic mass is 32.1. The second-order valence-electron chi connectivity index (χ2n) is 6.30. The Hall–Kier alpha value is -1.66. The number of nitrogens with zero attached hydrogens (tertiary/aromatic N) is 1. The van der Waals surface area contributed by atoms with Crippen LogP contribution >= 0.6 is 11.3 Å². The highest BCUT2D eigenvalue weighted by molar-refractivity contribution is 7.16. The fourth-order valence-corrected chi connectivity index (χ4v) is 3.80. The number of carbonyl (C=O) groups is 1. The van der Waals surface area contributed by atoms with E-state index in [1.54, 1.807) is 11.3 Å². The van der Waals surface area contributed by atoms with E-state index in [1.165, 1.54) is 0 Å². The summed E-state index contributed by atoms with van der Waals surface area (Å²) in [6.07, 6.45) is 3.50. The largest absolute Gasteiger partial charge is 0.488 e. The lowest BCUT2D eigenvalue weighted by molar-refractivity contribution is -0.132. The van der Waals surface area contributed by atoms with Gasteiger partial charge in [-0.1, -0.05) is 6.07 Å². The number of carbonyl (C=O) groups excluding carboxylic acids is 1. The number of rotatable bonds is 4. The van der Waals surface area contributed by atoms with Crippen LogP contribution in [0.25, 0.3) is 10.2 Å². The molecule has 1 heterocycles. The summed E-state index contributed by atoms with van der Waals surface area (Å²) in [5.41, 5.74) is 8.49. The normalized spacial score (nSPS) is 30.4. The highest BCUT2D eigenvalue weighted by Gasteiger charge is 2.38. The van der Waals surface area contributed by atoms with E-state index in [2.05, 4.69) is 10.3 Å². The van der Waals surface area contributed by atoms with Gasteiger partial charge in [-0.3, -0.25) is 4.79 Å². The van der Waals surface area contributed by atoms with Gasteiger partial charge in [0.1, 0.15) is 17.4 Å². The van der Waals surface area contributed by atoms with Crippen molar-refractivity contribution in [3.05, 3.63) is 23.7 Å². The van der Waals surface area contributed by atoms with Gasteiger partial charge in [-0.25, -0.2) is 4.98 Å².